The SMILES string of the molecule is CCN1C2=C(C(=O)CC(C)(C)C2)C(c2ccccc2OCC(N)=O)C2=C1CC(C)(C)CC2=O. The summed E-state index contributed by atoms with van der Waals surface area (Å²) in [6, 6.07) is 7.38. The molecule has 1 aromatic rings. The van der Waals surface area contributed by atoms with Gasteiger partial charge in [0.25, 0.3) is 5.91 Å². The maximum atomic E-state index is 13.6. The zero-order chi connectivity index (χ0) is 24.1. The average molecular weight is 451 g/mol. The van der Waals surface area contributed by atoms with Crippen LogP contribution < -0.4 is 10.5 Å². The number of nitrogens with zero attached hydrogens (tertiary/aromatic N) is 1. The predicted molar refractivity (Wildman–Crippen MR) is 126 cm³/mol. The molecule has 6 heteroatoms. The molecule has 0 spiro atoms. The molecule has 33 heavy (non-hydrogen) atoms. The molecule has 2 aliphatic carbocycles. The molecule has 0 aromatic heterocycles. The van der Waals surface area contributed by atoms with E-state index in [2.05, 4.69) is 39.5 Å². The average Bonchev–Trinajstić information content (AvgIpc) is 2.69. The molecule has 0 radical (unpaired) electrons. The smallest absolute Gasteiger partial charge is 0.255 e. The summed E-state index contributed by atoms with van der Waals surface area (Å²) in [5, 5.41) is 0. The normalized spacial score (nSPS) is 22.3. The number of nitrogens with two attached hydrogens (primary N) is 1. The van der Waals surface area contributed by atoms with Gasteiger partial charge in [-0.3, -0.25) is 14.4 Å². The molecule has 0 atom stereocenters. The molecule has 1 heterocycles. The van der Waals surface area contributed by atoms with E-state index < -0.39 is 11.8 Å². The number of hydrogen-bond acceptors (Lipinski definition) is 5. The first kappa shape index (κ1) is 23.3. The van der Waals surface area contributed by atoms with Crippen LogP contribution in [0.15, 0.2) is 46.8 Å². The van der Waals surface area contributed by atoms with E-state index in [1.165, 1.54) is 0 Å². The lowest BCUT2D eigenvalue weighted by Crippen LogP contribution is -2.44. The number of allylic oxidation sites excluding steroid dienone is 4. The summed E-state index contributed by atoms with van der Waals surface area (Å²) >= 11 is 0. The van der Waals surface area contributed by atoms with Crippen LogP contribution >= 0.6 is 0 Å². The Bertz CT molecular complexity index is 1040. The van der Waals surface area contributed by atoms with Crippen molar-refractivity contribution in [3.8, 4) is 5.75 Å². The van der Waals surface area contributed by atoms with Gasteiger partial charge in [0.05, 0.1) is 0 Å². The number of hydrogen-bond donors (Lipinski definition) is 1. The van der Waals surface area contributed by atoms with E-state index in [-0.39, 0.29) is 29.0 Å². The number of para-hydroxylation sites is 1. The third kappa shape index (κ3) is 4.23. The standard InChI is InChI=1S/C27H34N2O4/c1-6-29-17-11-26(2,3)13-19(30)24(17)23(25-18(29)12-27(4,5)14-20(25)31)16-9-7-8-10-21(16)33-15-22(28)32/h7-10,23H,6,11-15H2,1-5H3,(H2,28,32). The van der Waals surface area contributed by atoms with Crippen molar-refractivity contribution in [1.29, 1.82) is 0 Å². The Morgan fingerprint density at radius 1 is 0.970 bits per heavy atom. The van der Waals surface area contributed by atoms with Crippen LogP contribution in [0.5, 0.6) is 5.75 Å². The van der Waals surface area contributed by atoms with Gasteiger partial charge >= 0.3 is 0 Å². The second-order valence-corrected chi connectivity index (χ2v) is 11.1. The van der Waals surface area contributed by atoms with Crippen LogP contribution in [0, 0.1) is 10.8 Å². The fourth-order valence-corrected chi connectivity index (χ4v) is 5.74. The predicted octanol–water partition coefficient (Wildman–Crippen LogP) is 4.26. The monoisotopic (exact) mass is 450 g/mol. The van der Waals surface area contributed by atoms with Crippen molar-refractivity contribution in [2.45, 2.75) is 66.2 Å². The van der Waals surface area contributed by atoms with Crippen LogP contribution in [-0.4, -0.2) is 35.5 Å². The van der Waals surface area contributed by atoms with Crippen molar-refractivity contribution in [3.63, 3.8) is 0 Å². The number of carbonyl (C=O) groups is 3. The number of benzene rings is 1. The number of rotatable bonds is 5. The van der Waals surface area contributed by atoms with Gasteiger partial charge in [-0.05, 0) is 36.7 Å². The van der Waals surface area contributed by atoms with Gasteiger partial charge in [0.15, 0.2) is 18.2 Å². The third-order valence-electron chi connectivity index (χ3n) is 6.94. The molecule has 176 valence electrons. The lowest BCUT2D eigenvalue weighted by atomic mass is 9.63. The van der Waals surface area contributed by atoms with Crippen molar-refractivity contribution < 1.29 is 19.1 Å². The number of ketones is 2. The summed E-state index contributed by atoms with van der Waals surface area (Å²) in [4.78, 5) is 40.9. The van der Waals surface area contributed by atoms with E-state index in [9.17, 15) is 14.4 Å². The van der Waals surface area contributed by atoms with Crippen molar-refractivity contribution in [2.24, 2.45) is 16.6 Å². The fraction of sp³-hybridized carbons (Fsp3) is 0.519. The van der Waals surface area contributed by atoms with Gasteiger partial charge in [0.1, 0.15) is 5.75 Å². The number of primary amides is 1. The Morgan fingerprint density at radius 3 is 1.97 bits per heavy atom. The van der Waals surface area contributed by atoms with Gasteiger partial charge in [-0.1, -0.05) is 45.9 Å². The molecule has 0 unspecified atom stereocenters. The molecule has 4 rings (SSSR count). The highest BCUT2D eigenvalue weighted by atomic mass is 16.5. The summed E-state index contributed by atoms with van der Waals surface area (Å²) in [5.74, 6) is -0.414. The minimum absolute atomic E-state index is 0.0820. The van der Waals surface area contributed by atoms with E-state index in [0.29, 0.717) is 36.3 Å². The molecule has 3 aliphatic rings. The van der Waals surface area contributed by atoms with Gasteiger partial charge < -0.3 is 15.4 Å². The number of amides is 1. The first-order chi connectivity index (χ1) is 15.4. The Labute approximate surface area is 195 Å². The van der Waals surface area contributed by atoms with Gasteiger partial charge in [0, 0.05) is 53.4 Å². The molecule has 0 saturated heterocycles. The van der Waals surface area contributed by atoms with Crippen molar-refractivity contribution in [2.75, 3.05) is 13.2 Å². The highest BCUT2D eigenvalue weighted by Gasteiger charge is 2.49. The molecule has 2 N–H and O–H groups in total. The summed E-state index contributed by atoms with van der Waals surface area (Å²) in [6.45, 7) is 11.0. The molecular formula is C27H34N2O4. The lowest BCUT2D eigenvalue weighted by Gasteiger charge is -2.49. The third-order valence-corrected chi connectivity index (χ3v) is 6.94. The zero-order valence-electron chi connectivity index (χ0n) is 20.3. The van der Waals surface area contributed by atoms with Gasteiger partial charge in [-0.2, -0.15) is 0 Å². The summed E-state index contributed by atoms with van der Waals surface area (Å²) in [7, 11) is 0. The highest BCUT2D eigenvalue weighted by molar-refractivity contribution is 6.07. The molecule has 1 aromatic carbocycles. The largest absolute Gasteiger partial charge is 0.483 e. The van der Waals surface area contributed by atoms with Crippen LogP contribution in [-0.2, 0) is 14.4 Å². The van der Waals surface area contributed by atoms with E-state index in [0.717, 1.165) is 29.8 Å². The van der Waals surface area contributed by atoms with Gasteiger partial charge in [-0.25, -0.2) is 0 Å². The number of Topliss-reactive ketones (excluding diaryl/α,β-unsaturated/α-hetero) is 2. The molecule has 0 fully saturated rings. The van der Waals surface area contributed by atoms with Crippen LogP contribution in [0.4, 0.5) is 0 Å². The van der Waals surface area contributed by atoms with Crippen LogP contribution in [0.25, 0.3) is 0 Å². The lowest BCUT2D eigenvalue weighted by molar-refractivity contribution is -0.121. The van der Waals surface area contributed by atoms with E-state index in [1.54, 1.807) is 6.07 Å². The quantitative estimate of drug-likeness (QED) is 0.724. The first-order valence-electron chi connectivity index (χ1n) is 11.7. The van der Waals surface area contributed by atoms with Crippen molar-refractivity contribution >= 4 is 17.5 Å². The molecule has 0 bridgehead atoms. The van der Waals surface area contributed by atoms with Crippen LogP contribution in [0.3, 0.4) is 0 Å². The van der Waals surface area contributed by atoms with Crippen molar-refractivity contribution in [1.82, 2.24) is 4.90 Å². The highest BCUT2D eigenvalue weighted by Crippen LogP contribution is 2.55. The zero-order valence-corrected chi connectivity index (χ0v) is 20.3. The Morgan fingerprint density at radius 2 is 1.48 bits per heavy atom. The Kier molecular flexibility index (Phi) is 5.75. The topological polar surface area (TPSA) is 89.7 Å². The number of carbonyl (C=O) groups excluding carboxylic acids is 3. The van der Waals surface area contributed by atoms with Crippen LogP contribution in [0.2, 0.25) is 0 Å². The Hall–Kier alpha value is -2.89. The maximum Gasteiger partial charge on any atom is 0.255 e. The first-order valence-corrected chi connectivity index (χ1v) is 11.7. The summed E-state index contributed by atoms with van der Waals surface area (Å²) in [6.07, 6.45) is 2.42. The van der Waals surface area contributed by atoms with Gasteiger partial charge in [-0.15, -0.1) is 0 Å². The summed E-state index contributed by atoms with van der Waals surface area (Å²) < 4.78 is 5.76. The minimum atomic E-state index is -0.573. The molecular weight excluding hydrogens is 416 g/mol. The van der Waals surface area contributed by atoms with Crippen molar-refractivity contribution in [3.05, 3.63) is 52.4 Å². The molecule has 0 saturated carbocycles. The fourth-order valence-electron chi connectivity index (χ4n) is 5.74. The molecule has 1 amide bonds. The van der Waals surface area contributed by atoms with E-state index in [4.69, 9.17) is 10.5 Å². The summed E-state index contributed by atoms with van der Waals surface area (Å²) in [5.41, 5.74) is 9.23. The van der Waals surface area contributed by atoms with Gasteiger partial charge in [0.2, 0.25) is 0 Å². The maximum absolute atomic E-state index is 13.6. The minimum Gasteiger partial charge on any atom is -0.483 e. The molecule has 6 nitrogen and oxygen atoms in total. The second-order valence-electron chi connectivity index (χ2n) is 11.1. The number of ether oxygens (including phenoxy) is 1. The van der Waals surface area contributed by atoms with E-state index >= 15 is 0 Å². The molecule has 1 aliphatic heterocycles. The Balaban J connectivity index is 1.97. The second kappa shape index (κ2) is 8.15. The van der Waals surface area contributed by atoms with Crippen LogP contribution in [0.1, 0.15) is 71.8 Å². The van der Waals surface area contributed by atoms with E-state index in [1.807, 2.05) is 18.2 Å².